The maximum absolute atomic E-state index is 13.8. The van der Waals surface area contributed by atoms with E-state index in [0.29, 0.717) is 0 Å². The number of halogens is 1. The summed E-state index contributed by atoms with van der Waals surface area (Å²) in [6, 6.07) is 7.10. The lowest BCUT2D eigenvalue weighted by atomic mass is 10.0. The second kappa shape index (κ2) is 8.33. The van der Waals surface area contributed by atoms with Crippen LogP contribution in [0, 0.1) is 11.7 Å². The summed E-state index contributed by atoms with van der Waals surface area (Å²) in [5.74, 6) is 0.613. The molecule has 1 atom stereocenters. The normalized spacial score (nSPS) is 17.4. The second-order valence-electron chi connectivity index (χ2n) is 6.70. The summed E-state index contributed by atoms with van der Waals surface area (Å²) in [4.78, 5) is 4.68. The molecule has 0 aliphatic carbocycles. The molecule has 0 spiro atoms. The molecule has 0 amide bonds. The fourth-order valence-corrected chi connectivity index (χ4v) is 3.07. The van der Waals surface area contributed by atoms with Gasteiger partial charge in [0.15, 0.2) is 0 Å². The summed E-state index contributed by atoms with van der Waals surface area (Å²) in [6.45, 7) is 11.7. The number of piperazine rings is 1. The fourth-order valence-electron chi connectivity index (χ4n) is 3.07. The fraction of sp³-hybridized carbons (Fsp3) is 0.579. The Morgan fingerprint density at radius 2 is 1.86 bits per heavy atom. The second-order valence-corrected chi connectivity index (χ2v) is 6.70. The van der Waals surface area contributed by atoms with Crippen LogP contribution in [0.2, 0.25) is 0 Å². The first-order valence-electron chi connectivity index (χ1n) is 8.41. The Balaban J connectivity index is 1.75. The van der Waals surface area contributed by atoms with E-state index in [-0.39, 0.29) is 5.82 Å². The highest BCUT2D eigenvalue weighted by molar-refractivity contribution is 5.47. The minimum Gasteiger partial charge on any atom is -0.367 e. The highest BCUT2D eigenvalue weighted by Gasteiger charge is 2.20. The van der Waals surface area contributed by atoms with Gasteiger partial charge in [-0.2, -0.15) is 0 Å². The van der Waals surface area contributed by atoms with Crippen LogP contribution in [-0.2, 0) is 0 Å². The average molecular weight is 304 g/mol. The number of rotatable bonds is 6. The molecule has 122 valence electrons. The van der Waals surface area contributed by atoms with Gasteiger partial charge in [-0.1, -0.05) is 30.7 Å². The van der Waals surface area contributed by atoms with Crippen molar-refractivity contribution in [1.82, 2.24) is 4.90 Å². The molecule has 0 radical (unpaired) electrons. The lowest BCUT2D eigenvalue weighted by molar-refractivity contribution is 0.220. The summed E-state index contributed by atoms with van der Waals surface area (Å²) in [5, 5.41) is 0. The quantitative estimate of drug-likeness (QED) is 0.722. The van der Waals surface area contributed by atoms with Gasteiger partial charge in [-0.25, -0.2) is 4.39 Å². The molecule has 0 bridgehead atoms. The molecule has 1 aromatic rings. The molecular weight excluding hydrogens is 275 g/mol. The van der Waals surface area contributed by atoms with Crippen LogP contribution in [-0.4, -0.2) is 37.6 Å². The van der Waals surface area contributed by atoms with E-state index in [1.54, 1.807) is 12.1 Å². The number of hydrogen-bond donors (Lipinski definition) is 0. The standard InChI is InChI=1S/C19H29FN2/c1-16(2)7-6-8-17(3)15-21-11-13-22(14-12-21)19-10-5-4-9-18(19)20/h4-5,7,9-10,17H,6,8,11-15H2,1-3H3/t17-/m0/s1. The largest absolute Gasteiger partial charge is 0.367 e. The molecule has 0 N–H and O–H groups in total. The van der Waals surface area contributed by atoms with E-state index in [2.05, 4.69) is 36.6 Å². The van der Waals surface area contributed by atoms with Crippen LogP contribution in [0.4, 0.5) is 10.1 Å². The van der Waals surface area contributed by atoms with E-state index < -0.39 is 0 Å². The molecule has 1 saturated heterocycles. The number of nitrogens with zero attached hydrogens (tertiary/aromatic N) is 2. The first-order chi connectivity index (χ1) is 10.6. The lowest BCUT2D eigenvalue weighted by Crippen LogP contribution is -2.47. The van der Waals surface area contributed by atoms with Gasteiger partial charge in [0.1, 0.15) is 5.82 Å². The molecular formula is C19H29FN2. The predicted octanol–water partition coefficient (Wildman–Crippen LogP) is 4.33. The van der Waals surface area contributed by atoms with Crippen molar-refractivity contribution >= 4 is 5.69 Å². The Morgan fingerprint density at radius 3 is 2.50 bits per heavy atom. The number of allylic oxidation sites excluding steroid dienone is 2. The predicted molar refractivity (Wildman–Crippen MR) is 92.9 cm³/mol. The van der Waals surface area contributed by atoms with Crippen LogP contribution >= 0.6 is 0 Å². The number of para-hydroxylation sites is 1. The van der Waals surface area contributed by atoms with E-state index in [1.165, 1.54) is 18.4 Å². The van der Waals surface area contributed by atoms with Crippen molar-refractivity contribution in [2.24, 2.45) is 5.92 Å². The zero-order valence-corrected chi connectivity index (χ0v) is 14.2. The third-order valence-corrected chi connectivity index (χ3v) is 4.35. The van der Waals surface area contributed by atoms with Gasteiger partial charge in [-0.05, 0) is 44.7 Å². The number of anilines is 1. The van der Waals surface area contributed by atoms with E-state index in [9.17, 15) is 4.39 Å². The Bertz CT molecular complexity index is 486. The Morgan fingerprint density at radius 1 is 1.18 bits per heavy atom. The van der Waals surface area contributed by atoms with E-state index in [1.807, 2.05) is 12.1 Å². The molecule has 1 aliphatic heterocycles. The molecule has 2 rings (SSSR count). The third-order valence-electron chi connectivity index (χ3n) is 4.35. The van der Waals surface area contributed by atoms with Gasteiger partial charge in [-0.15, -0.1) is 0 Å². The topological polar surface area (TPSA) is 6.48 Å². The van der Waals surface area contributed by atoms with Crippen molar-refractivity contribution in [2.75, 3.05) is 37.6 Å². The van der Waals surface area contributed by atoms with E-state index in [0.717, 1.165) is 44.3 Å². The highest BCUT2D eigenvalue weighted by Crippen LogP contribution is 2.20. The smallest absolute Gasteiger partial charge is 0.146 e. The monoisotopic (exact) mass is 304 g/mol. The van der Waals surface area contributed by atoms with Gasteiger partial charge in [0.25, 0.3) is 0 Å². The van der Waals surface area contributed by atoms with Gasteiger partial charge in [0.2, 0.25) is 0 Å². The SMILES string of the molecule is CC(C)=CCC[C@H](C)CN1CCN(c2ccccc2F)CC1. The lowest BCUT2D eigenvalue weighted by Gasteiger charge is -2.37. The van der Waals surface area contributed by atoms with Gasteiger partial charge < -0.3 is 4.90 Å². The van der Waals surface area contributed by atoms with Crippen molar-refractivity contribution in [2.45, 2.75) is 33.6 Å². The highest BCUT2D eigenvalue weighted by atomic mass is 19.1. The van der Waals surface area contributed by atoms with Crippen LogP contribution in [0.15, 0.2) is 35.9 Å². The molecule has 1 aliphatic rings. The van der Waals surface area contributed by atoms with Gasteiger partial charge in [0.05, 0.1) is 5.69 Å². The van der Waals surface area contributed by atoms with E-state index in [4.69, 9.17) is 0 Å². The maximum Gasteiger partial charge on any atom is 0.146 e. The molecule has 0 saturated carbocycles. The van der Waals surface area contributed by atoms with Crippen molar-refractivity contribution < 1.29 is 4.39 Å². The Hall–Kier alpha value is -1.35. The van der Waals surface area contributed by atoms with Crippen molar-refractivity contribution in [1.29, 1.82) is 0 Å². The minimum absolute atomic E-state index is 0.106. The van der Waals surface area contributed by atoms with Crippen LogP contribution in [0.25, 0.3) is 0 Å². The minimum atomic E-state index is -0.106. The van der Waals surface area contributed by atoms with Crippen molar-refractivity contribution in [3.05, 3.63) is 41.7 Å². The molecule has 3 heteroatoms. The molecule has 1 aromatic carbocycles. The average Bonchev–Trinajstić information content (AvgIpc) is 2.48. The van der Waals surface area contributed by atoms with E-state index >= 15 is 0 Å². The number of hydrogen-bond acceptors (Lipinski definition) is 2. The Labute approximate surface area is 134 Å². The summed E-state index contributed by atoms with van der Waals surface area (Å²) >= 11 is 0. The maximum atomic E-state index is 13.8. The summed E-state index contributed by atoms with van der Waals surface area (Å²) in [6.07, 6.45) is 4.75. The number of benzene rings is 1. The summed E-state index contributed by atoms with van der Waals surface area (Å²) in [5.41, 5.74) is 2.16. The summed E-state index contributed by atoms with van der Waals surface area (Å²) in [7, 11) is 0. The molecule has 1 fully saturated rings. The molecule has 0 unspecified atom stereocenters. The molecule has 1 heterocycles. The first-order valence-corrected chi connectivity index (χ1v) is 8.41. The van der Waals surface area contributed by atoms with Crippen molar-refractivity contribution in [3.63, 3.8) is 0 Å². The Kier molecular flexibility index (Phi) is 6.44. The summed E-state index contributed by atoms with van der Waals surface area (Å²) < 4.78 is 13.8. The van der Waals surface area contributed by atoms with Crippen LogP contribution in [0.5, 0.6) is 0 Å². The zero-order chi connectivity index (χ0) is 15.9. The van der Waals surface area contributed by atoms with Gasteiger partial charge >= 0.3 is 0 Å². The van der Waals surface area contributed by atoms with Crippen LogP contribution < -0.4 is 4.90 Å². The van der Waals surface area contributed by atoms with Crippen LogP contribution in [0.1, 0.15) is 33.6 Å². The van der Waals surface area contributed by atoms with Gasteiger partial charge in [0, 0.05) is 32.7 Å². The third kappa shape index (κ3) is 5.13. The molecule has 22 heavy (non-hydrogen) atoms. The molecule has 0 aromatic heterocycles. The first kappa shape index (κ1) is 17.0. The van der Waals surface area contributed by atoms with Gasteiger partial charge in [-0.3, -0.25) is 4.90 Å². The zero-order valence-electron chi connectivity index (χ0n) is 14.2. The molecule has 2 nitrogen and oxygen atoms in total. The van der Waals surface area contributed by atoms with Crippen molar-refractivity contribution in [3.8, 4) is 0 Å². The van der Waals surface area contributed by atoms with Crippen LogP contribution in [0.3, 0.4) is 0 Å².